The Morgan fingerprint density at radius 2 is 2.18 bits per heavy atom. The Kier molecular flexibility index (Phi) is 3.40. The lowest BCUT2D eigenvalue weighted by Gasteiger charge is -2.14. The van der Waals surface area contributed by atoms with E-state index >= 15 is 0 Å². The number of benzene rings is 1. The van der Waals surface area contributed by atoms with Crippen LogP contribution in [0, 0.1) is 0 Å². The maximum absolute atomic E-state index is 11.1. The number of nitrogens with one attached hydrogen (secondary N) is 2. The molecule has 0 saturated heterocycles. The zero-order valence-corrected chi connectivity index (χ0v) is 9.13. The molecule has 0 bridgehead atoms. The number of hydrogen-bond acceptors (Lipinski definition) is 3. The summed E-state index contributed by atoms with van der Waals surface area (Å²) in [5.74, 6) is -0.886. The van der Waals surface area contributed by atoms with E-state index in [0.29, 0.717) is 6.42 Å². The zero-order valence-electron chi connectivity index (χ0n) is 9.13. The van der Waals surface area contributed by atoms with Crippen LogP contribution >= 0.6 is 0 Å². The second-order valence-electron chi connectivity index (χ2n) is 3.68. The SMILES string of the molecule is O=C(O)[C@@H](Cc1cnc[nH]1)Nc1ccccc1. The summed E-state index contributed by atoms with van der Waals surface area (Å²) in [6.07, 6.45) is 3.53. The molecule has 1 aromatic heterocycles. The van der Waals surface area contributed by atoms with E-state index in [0.717, 1.165) is 11.4 Å². The Bertz CT molecular complexity index is 468. The van der Waals surface area contributed by atoms with Crippen molar-refractivity contribution < 1.29 is 9.90 Å². The first kappa shape index (κ1) is 11.2. The van der Waals surface area contributed by atoms with Gasteiger partial charge in [0, 0.05) is 24.0 Å². The molecule has 0 aliphatic heterocycles. The Balaban J connectivity index is 2.06. The fourth-order valence-corrected chi connectivity index (χ4v) is 1.55. The van der Waals surface area contributed by atoms with Crippen molar-refractivity contribution in [2.75, 3.05) is 5.32 Å². The number of para-hydroxylation sites is 1. The van der Waals surface area contributed by atoms with Crippen LogP contribution in [0.2, 0.25) is 0 Å². The lowest BCUT2D eigenvalue weighted by molar-refractivity contribution is -0.137. The van der Waals surface area contributed by atoms with E-state index in [2.05, 4.69) is 15.3 Å². The largest absolute Gasteiger partial charge is 0.480 e. The monoisotopic (exact) mass is 231 g/mol. The van der Waals surface area contributed by atoms with Crippen LogP contribution in [0.25, 0.3) is 0 Å². The van der Waals surface area contributed by atoms with Gasteiger partial charge in [0.1, 0.15) is 6.04 Å². The van der Waals surface area contributed by atoms with E-state index in [1.165, 1.54) is 6.33 Å². The highest BCUT2D eigenvalue weighted by Gasteiger charge is 2.18. The zero-order chi connectivity index (χ0) is 12.1. The number of hydrogen-bond donors (Lipinski definition) is 3. The van der Waals surface area contributed by atoms with Crippen LogP contribution in [-0.2, 0) is 11.2 Å². The number of aliphatic carboxylic acids is 1. The molecule has 5 nitrogen and oxygen atoms in total. The summed E-state index contributed by atoms with van der Waals surface area (Å²) < 4.78 is 0. The molecular formula is C12H13N3O2. The smallest absolute Gasteiger partial charge is 0.326 e. The number of anilines is 1. The van der Waals surface area contributed by atoms with Gasteiger partial charge < -0.3 is 15.4 Å². The van der Waals surface area contributed by atoms with Crippen molar-refractivity contribution in [3.63, 3.8) is 0 Å². The summed E-state index contributed by atoms with van der Waals surface area (Å²) in [5.41, 5.74) is 1.58. The molecule has 17 heavy (non-hydrogen) atoms. The lowest BCUT2D eigenvalue weighted by Crippen LogP contribution is -2.31. The minimum atomic E-state index is -0.886. The van der Waals surface area contributed by atoms with Crippen molar-refractivity contribution >= 4 is 11.7 Å². The molecule has 0 aliphatic carbocycles. The average Bonchev–Trinajstić information content (AvgIpc) is 2.82. The van der Waals surface area contributed by atoms with Crippen LogP contribution in [-0.4, -0.2) is 27.1 Å². The highest BCUT2D eigenvalue weighted by molar-refractivity contribution is 5.77. The molecule has 2 rings (SSSR count). The van der Waals surface area contributed by atoms with Gasteiger partial charge in [-0.25, -0.2) is 9.78 Å². The molecular weight excluding hydrogens is 218 g/mol. The molecule has 1 aromatic carbocycles. The molecule has 2 aromatic rings. The molecule has 88 valence electrons. The quantitative estimate of drug-likeness (QED) is 0.729. The van der Waals surface area contributed by atoms with Crippen molar-refractivity contribution in [1.82, 2.24) is 9.97 Å². The molecule has 5 heteroatoms. The van der Waals surface area contributed by atoms with Crippen LogP contribution in [0.4, 0.5) is 5.69 Å². The predicted molar refractivity (Wildman–Crippen MR) is 63.8 cm³/mol. The van der Waals surface area contributed by atoms with E-state index in [4.69, 9.17) is 5.11 Å². The predicted octanol–water partition coefficient (Wildman–Crippen LogP) is 1.52. The third-order valence-corrected chi connectivity index (χ3v) is 2.39. The van der Waals surface area contributed by atoms with Crippen molar-refractivity contribution in [2.45, 2.75) is 12.5 Å². The fourth-order valence-electron chi connectivity index (χ4n) is 1.55. The molecule has 0 radical (unpaired) electrons. The number of aromatic nitrogens is 2. The Hall–Kier alpha value is -2.30. The van der Waals surface area contributed by atoms with Gasteiger partial charge in [0.25, 0.3) is 0 Å². The summed E-state index contributed by atoms with van der Waals surface area (Å²) in [5, 5.41) is 12.1. The third kappa shape index (κ3) is 3.07. The Labute approximate surface area is 98.5 Å². The number of carbonyl (C=O) groups is 1. The summed E-state index contributed by atoms with van der Waals surface area (Å²) in [6.45, 7) is 0. The van der Waals surface area contributed by atoms with Crippen LogP contribution in [0.15, 0.2) is 42.9 Å². The molecule has 3 N–H and O–H groups in total. The first-order valence-corrected chi connectivity index (χ1v) is 5.27. The highest BCUT2D eigenvalue weighted by Crippen LogP contribution is 2.10. The van der Waals surface area contributed by atoms with Gasteiger partial charge in [-0.2, -0.15) is 0 Å². The topological polar surface area (TPSA) is 78.0 Å². The minimum Gasteiger partial charge on any atom is -0.480 e. The number of carboxylic acid groups (broad SMARTS) is 1. The second-order valence-corrected chi connectivity index (χ2v) is 3.68. The van der Waals surface area contributed by atoms with Gasteiger partial charge in [0.05, 0.1) is 6.33 Å². The first-order chi connectivity index (χ1) is 8.25. The van der Waals surface area contributed by atoms with Gasteiger partial charge in [-0.05, 0) is 12.1 Å². The molecule has 0 fully saturated rings. The molecule has 1 atom stereocenters. The van der Waals surface area contributed by atoms with E-state index < -0.39 is 12.0 Å². The van der Waals surface area contributed by atoms with Gasteiger partial charge in [0.15, 0.2) is 0 Å². The molecule has 0 amide bonds. The van der Waals surface area contributed by atoms with E-state index in [1.54, 1.807) is 6.20 Å². The van der Waals surface area contributed by atoms with Gasteiger partial charge in [-0.1, -0.05) is 18.2 Å². The van der Waals surface area contributed by atoms with Crippen LogP contribution in [0.5, 0.6) is 0 Å². The fraction of sp³-hybridized carbons (Fsp3) is 0.167. The normalized spacial score (nSPS) is 12.0. The molecule has 0 unspecified atom stereocenters. The first-order valence-electron chi connectivity index (χ1n) is 5.27. The third-order valence-electron chi connectivity index (χ3n) is 2.39. The number of aromatic amines is 1. The molecule has 0 spiro atoms. The average molecular weight is 231 g/mol. The van der Waals surface area contributed by atoms with E-state index in [-0.39, 0.29) is 0 Å². The summed E-state index contributed by atoms with van der Waals surface area (Å²) in [7, 11) is 0. The maximum Gasteiger partial charge on any atom is 0.326 e. The summed E-state index contributed by atoms with van der Waals surface area (Å²) in [6, 6.07) is 8.61. The van der Waals surface area contributed by atoms with Gasteiger partial charge in [-0.15, -0.1) is 0 Å². The number of H-pyrrole nitrogens is 1. The standard InChI is InChI=1S/C12H13N3O2/c16-12(17)11(6-10-7-13-8-14-10)15-9-4-2-1-3-5-9/h1-5,7-8,11,15H,6H2,(H,13,14)(H,16,17)/t11-/m1/s1. The van der Waals surface area contributed by atoms with Crippen molar-refractivity contribution in [3.05, 3.63) is 48.5 Å². The molecule has 0 aliphatic rings. The number of imidazole rings is 1. The van der Waals surface area contributed by atoms with Gasteiger partial charge >= 0.3 is 5.97 Å². The van der Waals surface area contributed by atoms with Crippen LogP contribution < -0.4 is 5.32 Å². The van der Waals surface area contributed by atoms with Crippen LogP contribution in [0.3, 0.4) is 0 Å². The van der Waals surface area contributed by atoms with E-state index in [1.807, 2.05) is 30.3 Å². The van der Waals surface area contributed by atoms with Gasteiger partial charge in [0.2, 0.25) is 0 Å². The Morgan fingerprint density at radius 3 is 2.76 bits per heavy atom. The van der Waals surface area contributed by atoms with Crippen molar-refractivity contribution in [3.8, 4) is 0 Å². The number of rotatable bonds is 5. The minimum absolute atomic E-state index is 0.365. The Morgan fingerprint density at radius 1 is 1.41 bits per heavy atom. The molecule has 0 saturated carbocycles. The summed E-state index contributed by atoms with van der Waals surface area (Å²) >= 11 is 0. The molecule has 1 heterocycles. The van der Waals surface area contributed by atoms with Crippen molar-refractivity contribution in [2.24, 2.45) is 0 Å². The van der Waals surface area contributed by atoms with Gasteiger partial charge in [-0.3, -0.25) is 0 Å². The summed E-state index contributed by atoms with van der Waals surface area (Å²) in [4.78, 5) is 17.9. The van der Waals surface area contributed by atoms with Crippen LogP contribution in [0.1, 0.15) is 5.69 Å². The number of nitrogens with zero attached hydrogens (tertiary/aromatic N) is 1. The lowest BCUT2D eigenvalue weighted by atomic mass is 10.1. The number of carboxylic acids is 1. The van der Waals surface area contributed by atoms with Crippen molar-refractivity contribution in [1.29, 1.82) is 0 Å². The highest BCUT2D eigenvalue weighted by atomic mass is 16.4. The second kappa shape index (κ2) is 5.16. The maximum atomic E-state index is 11.1. The van der Waals surface area contributed by atoms with E-state index in [9.17, 15) is 4.79 Å².